The Labute approximate surface area is 270 Å². The summed E-state index contributed by atoms with van der Waals surface area (Å²) < 4.78 is 0. The van der Waals surface area contributed by atoms with Gasteiger partial charge in [0.1, 0.15) is 0 Å². The monoisotopic (exact) mass is 737 g/mol. The molecule has 6 aromatic rings. The van der Waals surface area contributed by atoms with Gasteiger partial charge in [-0.3, -0.25) is 0 Å². The number of pyridine rings is 2. The van der Waals surface area contributed by atoms with Crippen LogP contribution in [-0.4, -0.2) is 9.97 Å². The Hall–Kier alpha value is -4.17. The molecule has 0 aliphatic heterocycles. The molecule has 1 radical (unpaired) electrons. The van der Waals surface area contributed by atoms with E-state index in [9.17, 15) is 0 Å². The zero-order valence-corrected chi connectivity index (χ0v) is 27.3. The van der Waals surface area contributed by atoms with E-state index in [1.165, 1.54) is 27.8 Å². The van der Waals surface area contributed by atoms with Gasteiger partial charge in [-0.25, -0.2) is 0 Å². The van der Waals surface area contributed by atoms with Crippen LogP contribution in [0.5, 0.6) is 0 Å². The molecular weight excluding hydrogens is 701 g/mol. The van der Waals surface area contributed by atoms with E-state index in [-0.39, 0.29) is 25.5 Å². The first-order valence-corrected chi connectivity index (χ1v) is 14.4. The van der Waals surface area contributed by atoms with E-state index in [1.54, 1.807) is 0 Å². The summed E-state index contributed by atoms with van der Waals surface area (Å²) in [5, 5.41) is 0. The molecular formula is C40H36IrN2-2. The first kappa shape index (κ1) is 31.8. The van der Waals surface area contributed by atoms with Gasteiger partial charge >= 0.3 is 0 Å². The minimum absolute atomic E-state index is 0. The van der Waals surface area contributed by atoms with Crippen LogP contribution in [0.3, 0.4) is 0 Å². The van der Waals surface area contributed by atoms with Crippen LogP contribution in [0.2, 0.25) is 0 Å². The summed E-state index contributed by atoms with van der Waals surface area (Å²) in [6, 6.07) is 50.3. The van der Waals surface area contributed by atoms with Crippen molar-refractivity contribution in [2.24, 2.45) is 0 Å². The third-order valence-electron chi connectivity index (χ3n) is 7.08. The number of hydrogen-bond donors (Lipinski definition) is 0. The molecule has 2 nitrogen and oxygen atoms in total. The maximum atomic E-state index is 4.54. The molecule has 0 saturated carbocycles. The normalized spacial score (nSPS) is 10.7. The molecule has 0 bridgehead atoms. The van der Waals surface area contributed by atoms with Crippen molar-refractivity contribution in [1.82, 2.24) is 9.97 Å². The topological polar surface area (TPSA) is 25.8 Å². The number of benzene rings is 4. The van der Waals surface area contributed by atoms with E-state index in [0.717, 1.165) is 35.4 Å². The van der Waals surface area contributed by atoms with E-state index in [2.05, 4.69) is 134 Å². The molecule has 0 aliphatic rings. The van der Waals surface area contributed by atoms with Crippen molar-refractivity contribution in [3.05, 3.63) is 180 Å². The fourth-order valence-electron chi connectivity index (χ4n) is 4.76. The van der Waals surface area contributed by atoms with Gasteiger partial charge in [0.25, 0.3) is 0 Å². The standard InChI is InChI=1S/C22H22N.C18H14N.Ir/c1-22(2,3)20-11-7-10-19(16-20)21-15-18(12-13-23-21)14-17-8-5-4-6-9-17;1-3-7-15(8-4-1)13-16-11-12-19-18(14-16)17-9-5-2-6-10-17;/h4-9,11-13,15-16H,14H2,1-3H3;1-9,11-12,14H,13H2;/q2*-1;. The van der Waals surface area contributed by atoms with Crippen LogP contribution in [-0.2, 0) is 38.4 Å². The molecule has 0 atom stereocenters. The zero-order chi connectivity index (χ0) is 29.2. The van der Waals surface area contributed by atoms with Crippen molar-refractivity contribution in [2.45, 2.75) is 39.0 Å². The van der Waals surface area contributed by atoms with Crippen LogP contribution in [0.15, 0.2) is 140 Å². The quantitative estimate of drug-likeness (QED) is 0.159. The van der Waals surface area contributed by atoms with Crippen LogP contribution >= 0.6 is 0 Å². The number of hydrogen-bond acceptors (Lipinski definition) is 2. The van der Waals surface area contributed by atoms with Crippen molar-refractivity contribution in [1.29, 1.82) is 0 Å². The average molecular weight is 737 g/mol. The van der Waals surface area contributed by atoms with Crippen LogP contribution in [0.4, 0.5) is 0 Å². The van der Waals surface area contributed by atoms with E-state index in [1.807, 2.05) is 48.8 Å². The van der Waals surface area contributed by atoms with Crippen molar-refractivity contribution < 1.29 is 20.1 Å². The molecule has 0 aliphatic carbocycles. The molecule has 0 unspecified atom stereocenters. The van der Waals surface area contributed by atoms with Gasteiger partial charge < -0.3 is 9.97 Å². The summed E-state index contributed by atoms with van der Waals surface area (Å²) in [5.74, 6) is 0. The maximum Gasteiger partial charge on any atom is 0.0163 e. The summed E-state index contributed by atoms with van der Waals surface area (Å²) in [5.41, 5.74) is 10.7. The minimum atomic E-state index is 0. The van der Waals surface area contributed by atoms with Crippen LogP contribution in [0.25, 0.3) is 22.5 Å². The molecule has 43 heavy (non-hydrogen) atoms. The summed E-state index contributed by atoms with van der Waals surface area (Å²) in [7, 11) is 0. The summed E-state index contributed by atoms with van der Waals surface area (Å²) >= 11 is 0. The van der Waals surface area contributed by atoms with Gasteiger partial charge in [-0.05, 0) is 64.0 Å². The molecule has 4 aromatic carbocycles. The second-order valence-electron chi connectivity index (χ2n) is 11.4. The summed E-state index contributed by atoms with van der Waals surface area (Å²) in [4.78, 5) is 8.96. The fourth-order valence-corrected chi connectivity index (χ4v) is 4.76. The first-order chi connectivity index (χ1) is 20.4. The predicted molar refractivity (Wildman–Crippen MR) is 174 cm³/mol. The maximum absolute atomic E-state index is 4.54. The average Bonchev–Trinajstić information content (AvgIpc) is 3.03. The Balaban J connectivity index is 0.000000195. The SMILES string of the molecule is CC(C)(C)c1cc[c-]c(-c2cc(Cc3ccccc3)ccn2)c1.[Ir].[c-]1ccccc1-c1cc(Cc2ccccc2)ccn1. The smallest absolute Gasteiger partial charge is 0.0163 e. The van der Waals surface area contributed by atoms with E-state index in [0.29, 0.717) is 0 Å². The molecule has 2 aromatic heterocycles. The van der Waals surface area contributed by atoms with Gasteiger partial charge in [-0.2, -0.15) is 0 Å². The molecule has 3 heteroatoms. The number of aromatic nitrogens is 2. The minimum Gasteiger partial charge on any atom is -0.305 e. The van der Waals surface area contributed by atoms with Gasteiger partial charge in [0, 0.05) is 32.5 Å². The van der Waals surface area contributed by atoms with Crippen molar-refractivity contribution in [3.8, 4) is 22.5 Å². The second-order valence-corrected chi connectivity index (χ2v) is 11.4. The molecule has 0 fully saturated rings. The Kier molecular flexibility index (Phi) is 11.3. The molecule has 0 spiro atoms. The predicted octanol–water partition coefficient (Wildman–Crippen LogP) is 9.57. The van der Waals surface area contributed by atoms with Crippen molar-refractivity contribution >= 4 is 0 Å². The van der Waals surface area contributed by atoms with Gasteiger partial charge in [0.05, 0.1) is 0 Å². The second kappa shape index (κ2) is 15.3. The Morgan fingerprint density at radius 1 is 0.512 bits per heavy atom. The third kappa shape index (κ3) is 9.41. The first-order valence-electron chi connectivity index (χ1n) is 14.4. The molecule has 217 valence electrons. The Morgan fingerprint density at radius 3 is 1.53 bits per heavy atom. The fraction of sp³-hybridized carbons (Fsp3) is 0.150. The van der Waals surface area contributed by atoms with Gasteiger partial charge in [-0.1, -0.05) is 93.6 Å². The molecule has 6 rings (SSSR count). The van der Waals surface area contributed by atoms with Crippen LogP contribution < -0.4 is 0 Å². The Morgan fingerprint density at radius 2 is 1.02 bits per heavy atom. The molecule has 2 heterocycles. The summed E-state index contributed by atoms with van der Waals surface area (Å²) in [6.45, 7) is 6.68. The van der Waals surface area contributed by atoms with Crippen LogP contribution in [0, 0.1) is 12.1 Å². The van der Waals surface area contributed by atoms with E-state index >= 15 is 0 Å². The molecule has 0 amide bonds. The van der Waals surface area contributed by atoms with Crippen LogP contribution in [0.1, 0.15) is 48.6 Å². The third-order valence-corrected chi connectivity index (χ3v) is 7.08. The van der Waals surface area contributed by atoms with E-state index in [4.69, 9.17) is 0 Å². The summed E-state index contributed by atoms with van der Waals surface area (Å²) in [6.07, 6.45) is 5.62. The largest absolute Gasteiger partial charge is 0.305 e. The number of nitrogens with zero attached hydrogens (tertiary/aromatic N) is 2. The zero-order valence-electron chi connectivity index (χ0n) is 24.9. The number of rotatable bonds is 6. The van der Waals surface area contributed by atoms with Crippen molar-refractivity contribution in [3.63, 3.8) is 0 Å². The Bertz CT molecular complexity index is 1690. The van der Waals surface area contributed by atoms with E-state index < -0.39 is 0 Å². The van der Waals surface area contributed by atoms with Gasteiger partial charge in [0.2, 0.25) is 0 Å². The van der Waals surface area contributed by atoms with Gasteiger partial charge in [0.15, 0.2) is 0 Å². The molecule has 0 saturated heterocycles. The van der Waals surface area contributed by atoms with Gasteiger partial charge in [-0.15, -0.1) is 71.3 Å². The molecule has 0 N–H and O–H groups in total. The van der Waals surface area contributed by atoms with Crippen molar-refractivity contribution in [2.75, 3.05) is 0 Å².